The summed E-state index contributed by atoms with van der Waals surface area (Å²) in [5, 5.41) is 18.8. The van der Waals surface area contributed by atoms with E-state index < -0.39 is 23.7 Å². The van der Waals surface area contributed by atoms with Crippen LogP contribution >= 0.6 is 0 Å². The highest BCUT2D eigenvalue weighted by Gasteiger charge is 2.34. The van der Waals surface area contributed by atoms with Crippen LogP contribution in [0.3, 0.4) is 0 Å². The first-order chi connectivity index (χ1) is 5.69. The maximum atomic E-state index is 10.8. The molecule has 0 aliphatic carbocycles. The normalized spacial score (nSPS) is 28.5. The van der Waals surface area contributed by atoms with Crippen LogP contribution < -0.4 is 5.32 Å². The van der Waals surface area contributed by atoms with Crippen LogP contribution in [-0.2, 0) is 9.59 Å². The van der Waals surface area contributed by atoms with E-state index in [4.69, 9.17) is 10.5 Å². The molecule has 1 N–H and O–H groups in total. The highest BCUT2D eigenvalue weighted by Crippen LogP contribution is 2.16. The van der Waals surface area contributed by atoms with Gasteiger partial charge in [-0.05, 0) is 6.42 Å². The Hall–Kier alpha value is -1.88. The maximum Gasteiger partial charge on any atom is 0.243 e. The number of nitriles is 2. The van der Waals surface area contributed by atoms with Gasteiger partial charge in [0.15, 0.2) is 0 Å². The van der Waals surface area contributed by atoms with Crippen molar-refractivity contribution in [2.24, 2.45) is 11.8 Å². The van der Waals surface area contributed by atoms with E-state index in [1.165, 1.54) is 0 Å². The second-order valence-corrected chi connectivity index (χ2v) is 2.45. The number of rotatable bonds is 0. The Balaban J connectivity index is 2.79. The van der Waals surface area contributed by atoms with Gasteiger partial charge in [0.25, 0.3) is 0 Å². The van der Waals surface area contributed by atoms with Crippen molar-refractivity contribution in [2.45, 2.75) is 6.42 Å². The van der Waals surface area contributed by atoms with Crippen LogP contribution in [0.4, 0.5) is 0 Å². The number of nitrogens with one attached hydrogen (secondary N) is 1. The fraction of sp³-hybridized carbons (Fsp3) is 0.429. The van der Waals surface area contributed by atoms with E-state index in [2.05, 4.69) is 0 Å². The standard InChI is InChI=1S/C7H5N3O2/c8-2-4-1-5(3-9)7(12)10-6(4)11/h4-5H,1H2,(H,10,11,12). The van der Waals surface area contributed by atoms with Gasteiger partial charge in [-0.1, -0.05) is 0 Å². The quantitative estimate of drug-likeness (QED) is 0.478. The number of amides is 2. The predicted octanol–water partition coefficient (Wildman–Crippen LogP) is -0.688. The van der Waals surface area contributed by atoms with E-state index in [0.29, 0.717) is 0 Å². The fourth-order valence-corrected chi connectivity index (χ4v) is 0.968. The van der Waals surface area contributed by atoms with Gasteiger partial charge in [0.05, 0.1) is 12.1 Å². The van der Waals surface area contributed by atoms with Crippen molar-refractivity contribution in [3.63, 3.8) is 0 Å². The topological polar surface area (TPSA) is 93.8 Å². The molecule has 1 saturated heterocycles. The Labute approximate surface area is 68.6 Å². The first-order valence-electron chi connectivity index (χ1n) is 3.33. The molecule has 0 bridgehead atoms. The monoisotopic (exact) mass is 163 g/mol. The second kappa shape index (κ2) is 3.02. The summed E-state index contributed by atoms with van der Waals surface area (Å²) in [5.74, 6) is -2.94. The molecule has 0 aromatic heterocycles. The van der Waals surface area contributed by atoms with Gasteiger partial charge in [-0.15, -0.1) is 0 Å². The van der Waals surface area contributed by atoms with E-state index >= 15 is 0 Å². The summed E-state index contributed by atoms with van der Waals surface area (Å²) in [5.41, 5.74) is 0. The third-order valence-electron chi connectivity index (χ3n) is 1.66. The zero-order valence-electron chi connectivity index (χ0n) is 6.07. The number of imide groups is 1. The Morgan fingerprint density at radius 3 is 1.92 bits per heavy atom. The number of piperidine rings is 1. The predicted molar refractivity (Wildman–Crippen MR) is 36.0 cm³/mol. The summed E-state index contributed by atoms with van der Waals surface area (Å²) < 4.78 is 0. The van der Waals surface area contributed by atoms with E-state index in [1.54, 1.807) is 12.1 Å². The van der Waals surface area contributed by atoms with Gasteiger partial charge in [-0.25, -0.2) is 0 Å². The summed E-state index contributed by atoms with van der Waals surface area (Å²) in [7, 11) is 0. The molecular formula is C7H5N3O2. The minimum absolute atomic E-state index is 0.0116. The molecule has 0 spiro atoms. The number of nitrogens with zero attached hydrogens (tertiary/aromatic N) is 2. The lowest BCUT2D eigenvalue weighted by molar-refractivity contribution is -0.136. The van der Waals surface area contributed by atoms with Gasteiger partial charge in [0, 0.05) is 0 Å². The molecule has 2 atom stereocenters. The SMILES string of the molecule is N#CC1CC(C#N)C(=O)NC1=O. The number of carbonyl (C=O) groups is 2. The van der Waals surface area contributed by atoms with Crippen molar-refractivity contribution in [2.75, 3.05) is 0 Å². The van der Waals surface area contributed by atoms with Crippen molar-refractivity contribution in [3.05, 3.63) is 0 Å². The van der Waals surface area contributed by atoms with Crippen molar-refractivity contribution >= 4 is 11.8 Å². The third-order valence-corrected chi connectivity index (χ3v) is 1.66. The summed E-state index contributed by atoms with van der Waals surface area (Å²) in [6, 6.07) is 3.45. The van der Waals surface area contributed by atoms with Crippen molar-refractivity contribution in [1.82, 2.24) is 5.32 Å². The summed E-state index contributed by atoms with van der Waals surface area (Å²) in [4.78, 5) is 21.7. The zero-order valence-corrected chi connectivity index (χ0v) is 6.07. The molecule has 0 aromatic carbocycles. The Bertz CT molecular complexity index is 280. The van der Waals surface area contributed by atoms with Gasteiger partial charge >= 0.3 is 0 Å². The smallest absolute Gasteiger partial charge is 0.243 e. The maximum absolute atomic E-state index is 10.8. The van der Waals surface area contributed by atoms with Crippen LogP contribution in [0.1, 0.15) is 6.42 Å². The lowest BCUT2D eigenvalue weighted by Gasteiger charge is -2.18. The van der Waals surface area contributed by atoms with Gasteiger partial charge in [-0.3, -0.25) is 14.9 Å². The fourth-order valence-electron chi connectivity index (χ4n) is 0.968. The lowest BCUT2D eigenvalue weighted by Crippen LogP contribution is -2.45. The summed E-state index contributed by atoms with van der Waals surface area (Å²) >= 11 is 0. The minimum atomic E-state index is -0.868. The Kier molecular flexibility index (Phi) is 2.07. The van der Waals surface area contributed by atoms with Crippen LogP contribution in [0.25, 0.3) is 0 Å². The molecule has 0 aromatic rings. The summed E-state index contributed by atoms with van der Waals surface area (Å²) in [6.45, 7) is 0. The third kappa shape index (κ3) is 1.25. The van der Waals surface area contributed by atoms with E-state index in [0.717, 1.165) is 0 Å². The highest BCUT2D eigenvalue weighted by molar-refractivity contribution is 6.01. The molecule has 12 heavy (non-hydrogen) atoms. The molecule has 1 fully saturated rings. The van der Waals surface area contributed by atoms with E-state index in [9.17, 15) is 9.59 Å². The molecule has 1 aliphatic heterocycles. The number of carbonyl (C=O) groups excluding carboxylic acids is 2. The van der Waals surface area contributed by atoms with Crippen LogP contribution in [0.5, 0.6) is 0 Å². The molecular weight excluding hydrogens is 158 g/mol. The highest BCUT2D eigenvalue weighted by atomic mass is 16.2. The van der Waals surface area contributed by atoms with Crippen LogP contribution in [0.15, 0.2) is 0 Å². The molecule has 2 unspecified atom stereocenters. The number of hydrogen-bond donors (Lipinski definition) is 1. The molecule has 60 valence electrons. The first-order valence-corrected chi connectivity index (χ1v) is 3.33. The summed E-state index contributed by atoms with van der Waals surface area (Å²) in [6.07, 6.45) is 0.0116. The van der Waals surface area contributed by atoms with Gasteiger partial charge < -0.3 is 0 Å². The van der Waals surface area contributed by atoms with Gasteiger partial charge in [-0.2, -0.15) is 10.5 Å². The number of hydrogen-bond acceptors (Lipinski definition) is 4. The van der Waals surface area contributed by atoms with Gasteiger partial charge in [0.2, 0.25) is 11.8 Å². The zero-order chi connectivity index (χ0) is 9.14. The molecule has 5 nitrogen and oxygen atoms in total. The average Bonchev–Trinajstić information content (AvgIpc) is 2.05. The molecule has 1 aliphatic rings. The molecule has 0 saturated carbocycles. The van der Waals surface area contributed by atoms with Gasteiger partial charge in [0.1, 0.15) is 11.8 Å². The molecule has 2 amide bonds. The Morgan fingerprint density at radius 2 is 1.58 bits per heavy atom. The van der Waals surface area contributed by atoms with Crippen LogP contribution in [0, 0.1) is 34.5 Å². The largest absolute Gasteiger partial charge is 0.294 e. The van der Waals surface area contributed by atoms with Crippen molar-refractivity contribution < 1.29 is 9.59 Å². The first kappa shape index (κ1) is 8.22. The van der Waals surface area contributed by atoms with Crippen LogP contribution in [-0.4, -0.2) is 11.8 Å². The average molecular weight is 163 g/mol. The van der Waals surface area contributed by atoms with Crippen molar-refractivity contribution in [3.8, 4) is 12.1 Å². The van der Waals surface area contributed by atoms with Crippen molar-refractivity contribution in [1.29, 1.82) is 10.5 Å². The molecule has 1 rings (SSSR count). The molecule has 1 heterocycles. The Morgan fingerprint density at radius 1 is 1.17 bits per heavy atom. The molecule has 0 radical (unpaired) electrons. The van der Waals surface area contributed by atoms with Crippen LogP contribution in [0.2, 0.25) is 0 Å². The van der Waals surface area contributed by atoms with E-state index in [1.807, 2.05) is 5.32 Å². The van der Waals surface area contributed by atoms with E-state index in [-0.39, 0.29) is 6.42 Å². The lowest BCUT2D eigenvalue weighted by atomic mass is 9.91. The second-order valence-electron chi connectivity index (χ2n) is 2.45. The minimum Gasteiger partial charge on any atom is -0.294 e. The molecule has 5 heteroatoms.